The Hall–Kier alpha value is -3.65. The third-order valence-electron chi connectivity index (χ3n) is 5.42. The maximum absolute atomic E-state index is 13.1. The van der Waals surface area contributed by atoms with Crippen molar-refractivity contribution in [1.82, 2.24) is 0 Å². The van der Waals surface area contributed by atoms with Gasteiger partial charge in [0, 0.05) is 0 Å². The molecule has 4 rings (SSSR count). The van der Waals surface area contributed by atoms with Gasteiger partial charge in [-0.05, 0) is 70.8 Å². The van der Waals surface area contributed by atoms with Gasteiger partial charge in [-0.25, -0.2) is 8.42 Å². The number of hydrogen-bond acceptors (Lipinski definition) is 6. The molecule has 0 aliphatic heterocycles. The van der Waals surface area contributed by atoms with Gasteiger partial charge in [-0.2, -0.15) is 0 Å². The summed E-state index contributed by atoms with van der Waals surface area (Å²) in [6.45, 7) is 0.378. The van der Waals surface area contributed by atoms with Crippen LogP contribution < -0.4 is 9.47 Å². The van der Waals surface area contributed by atoms with Crippen LogP contribution in [0.15, 0.2) is 107 Å². The summed E-state index contributed by atoms with van der Waals surface area (Å²) in [6, 6.07) is 28.4. The SMILES string of the molecule is O=S(=O)(c1ccc(-c2ccc(OCCO)cc2)cc1)c1ccc(-c2ccc(OCCO)cc2)cc1. The van der Waals surface area contributed by atoms with Crippen LogP contribution in [0.25, 0.3) is 22.3 Å². The highest BCUT2D eigenvalue weighted by atomic mass is 32.2. The lowest BCUT2D eigenvalue weighted by molar-refractivity contribution is 0.201. The van der Waals surface area contributed by atoms with Crippen LogP contribution in [0.3, 0.4) is 0 Å². The molecule has 0 saturated heterocycles. The normalized spacial score (nSPS) is 11.3. The Morgan fingerprint density at radius 2 is 0.771 bits per heavy atom. The van der Waals surface area contributed by atoms with Crippen molar-refractivity contribution in [2.24, 2.45) is 0 Å². The number of aliphatic hydroxyl groups excluding tert-OH is 2. The van der Waals surface area contributed by atoms with Crippen molar-refractivity contribution in [3.8, 4) is 33.8 Å². The molecule has 2 N–H and O–H groups in total. The lowest BCUT2D eigenvalue weighted by Gasteiger charge is -2.09. The van der Waals surface area contributed by atoms with E-state index in [-0.39, 0.29) is 36.2 Å². The second-order valence-electron chi connectivity index (χ2n) is 7.75. The van der Waals surface area contributed by atoms with Gasteiger partial charge in [0.2, 0.25) is 9.84 Å². The molecule has 7 heteroatoms. The Morgan fingerprint density at radius 3 is 1.06 bits per heavy atom. The van der Waals surface area contributed by atoms with Crippen molar-refractivity contribution in [1.29, 1.82) is 0 Å². The molecular weight excluding hydrogens is 464 g/mol. The van der Waals surface area contributed by atoms with Crippen LogP contribution >= 0.6 is 0 Å². The minimum atomic E-state index is -3.66. The third-order valence-corrected chi connectivity index (χ3v) is 7.21. The van der Waals surface area contributed by atoms with Crippen molar-refractivity contribution in [2.75, 3.05) is 26.4 Å². The molecule has 0 aliphatic rings. The van der Waals surface area contributed by atoms with E-state index in [9.17, 15) is 8.42 Å². The second-order valence-corrected chi connectivity index (χ2v) is 9.69. The summed E-state index contributed by atoms with van der Waals surface area (Å²) in [5.74, 6) is 1.33. The summed E-state index contributed by atoms with van der Waals surface area (Å²) < 4.78 is 37.0. The molecule has 4 aromatic carbocycles. The van der Waals surface area contributed by atoms with Crippen molar-refractivity contribution in [3.63, 3.8) is 0 Å². The van der Waals surface area contributed by atoms with Gasteiger partial charge < -0.3 is 19.7 Å². The molecule has 0 unspecified atom stereocenters. The standard InChI is InChI=1S/C28H26O6S/c29-17-19-33-25-9-1-21(2-10-25)23-5-13-27(14-6-23)35(31,32)28-15-7-24(8-16-28)22-3-11-26(12-4-22)34-20-18-30/h1-16,29-30H,17-20H2. The number of benzene rings is 4. The summed E-state index contributed by atoms with van der Waals surface area (Å²) in [7, 11) is -3.66. The second kappa shape index (κ2) is 11.2. The van der Waals surface area contributed by atoms with E-state index in [0.717, 1.165) is 22.3 Å². The quantitative estimate of drug-likeness (QED) is 0.338. The van der Waals surface area contributed by atoms with E-state index in [4.69, 9.17) is 19.7 Å². The largest absolute Gasteiger partial charge is 0.491 e. The molecular formula is C28H26O6S. The molecule has 35 heavy (non-hydrogen) atoms. The van der Waals surface area contributed by atoms with E-state index < -0.39 is 9.84 Å². The smallest absolute Gasteiger partial charge is 0.206 e. The maximum Gasteiger partial charge on any atom is 0.206 e. The van der Waals surface area contributed by atoms with Crippen LogP contribution in [-0.2, 0) is 9.84 Å². The van der Waals surface area contributed by atoms with Crippen molar-refractivity contribution >= 4 is 9.84 Å². The summed E-state index contributed by atoms with van der Waals surface area (Å²) in [4.78, 5) is 0.449. The fraction of sp³-hybridized carbons (Fsp3) is 0.143. The molecule has 4 aromatic rings. The van der Waals surface area contributed by atoms with Crippen LogP contribution in [0.1, 0.15) is 0 Å². The van der Waals surface area contributed by atoms with Crippen molar-refractivity contribution in [3.05, 3.63) is 97.1 Å². The highest BCUT2D eigenvalue weighted by Crippen LogP contribution is 2.28. The van der Waals surface area contributed by atoms with E-state index in [2.05, 4.69) is 0 Å². The van der Waals surface area contributed by atoms with Gasteiger partial charge in [0.05, 0.1) is 23.0 Å². The van der Waals surface area contributed by atoms with Crippen LogP contribution in [0, 0.1) is 0 Å². The average Bonchev–Trinajstić information content (AvgIpc) is 2.91. The molecule has 0 bridgehead atoms. The number of sulfone groups is 1. The van der Waals surface area contributed by atoms with Crippen LogP contribution in [0.4, 0.5) is 0 Å². The van der Waals surface area contributed by atoms with E-state index >= 15 is 0 Å². The van der Waals surface area contributed by atoms with E-state index in [1.54, 1.807) is 48.5 Å². The Labute approximate surface area is 205 Å². The zero-order valence-corrected chi connectivity index (χ0v) is 19.8. The Kier molecular flexibility index (Phi) is 7.82. The van der Waals surface area contributed by atoms with Gasteiger partial charge in [0.1, 0.15) is 24.7 Å². The molecule has 180 valence electrons. The summed E-state index contributed by atoms with van der Waals surface area (Å²) in [5, 5.41) is 17.7. The molecule has 0 aromatic heterocycles. The number of ether oxygens (including phenoxy) is 2. The van der Waals surface area contributed by atoms with Crippen LogP contribution in [0.2, 0.25) is 0 Å². The molecule has 6 nitrogen and oxygen atoms in total. The van der Waals surface area contributed by atoms with Crippen LogP contribution in [0.5, 0.6) is 11.5 Å². The van der Waals surface area contributed by atoms with E-state index in [0.29, 0.717) is 11.5 Å². The van der Waals surface area contributed by atoms with E-state index in [1.807, 2.05) is 48.5 Å². The first-order valence-corrected chi connectivity index (χ1v) is 12.6. The molecule has 0 spiro atoms. The van der Waals surface area contributed by atoms with Gasteiger partial charge >= 0.3 is 0 Å². The van der Waals surface area contributed by atoms with Gasteiger partial charge in [-0.1, -0.05) is 48.5 Å². The number of hydrogen-bond donors (Lipinski definition) is 2. The first kappa shape index (κ1) is 24.5. The van der Waals surface area contributed by atoms with Gasteiger partial charge in [-0.3, -0.25) is 0 Å². The van der Waals surface area contributed by atoms with Gasteiger partial charge in [-0.15, -0.1) is 0 Å². The fourth-order valence-electron chi connectivity index (χ4n) is 3.60. The lowest BCUT2D eigenvalue weighted by Crippen LogP contribution is -2.02. The minimum Gasteiger partial charge on any atom is -0.491 e. The number of rotatable bonds is 10. The maximum atomic E-state index is 13.1. The predicted molar refractivity (Wildman–Crippen MR) is 134 cm³/mol. The van der Waals surface area contributed by atoms with E-state index in [1.165, 1.54) is 0 Å². The predicted octanol–water partition coefficient (Wildman–Crippen LogP) is 4.60. The average molecular weight is 491 g/mol. The highest BCUT2D eigenvalue weighted by molar-refractivity contribution is 7.91. The Balaban J connectivity index is 1.48. The summed E-state index contributed by atoms with van der Waals surface area (Å²) in [6.07, 6.45) is 0. The lowest BCUT2D eigenvalue weighted by atomic mass is 10.1. The molecule has 0 fully saturated rings. The summed E-state index contributed by atoms with van der Waals surface area (Å²) >= 11 is 0. The van der Waals surface area contributed by atoms with Crippen molar-refractivity contribution in [2.45, 2.75) is 9.79 Å². The highest BCUT2D eigenvalue weighted by Gasteiger charge is 2.17. The van der Waals surface area contributed by atoms with Crippen molar-refractivity contribution < 1.29 is 28.1 Å². The van der Waals surface area contributed by atoms with Gasteiger partial charge in [0.25, 0.3) is 0 Å². The van der Waals surface area contributed by atoms with Crippen LogP contribution in [-0.4, -0.2) is 45.1 Å². The fourth-order valence-corrected chi connectivity index (χ4v) is 4.86. The molecule has 0 aliphatic carbocycles. The Morgan fingerprint density at radius 1 is 0.486 bits per heavy atom. The van der Waals surface area contributed by atoms with Gasteiger partial charge in [0.15, 0.2) is 0 Å². The monoisotopic (exact) mass is 490 g/mol. The first-order chi connectivity index (χ1) is 17.0. The minimum absolute atomic E-state index is 0.0466. The molecule has 0 amide bonds. The molecule has 0 saturated carbocycles. The zero-order valence-electron chi connectivity index (χ0n) is 19.0. The topological polar surface area (TPSA) is 93.1 Å². The summed E-state index contributed by atoms with van der Waals surface area (Å²) in [5.41, 5.74) is 3.64. The zero-order chi connectivity index (χ0) is 24.7. The molecule has 0 radical (unpaired) electrons. The molecule has 0 heterocycles. The number of aliphatic hydroxyl groups is 2. The third kappa shape index (κ3) is 5.89. The Bertz CT molecular complexity index is 1230. The first-order valence-electron chi connectivity index (χ1n) is 11.1. The molecule has 0 atom stereocenters.